The van der Waals surface area contributed by atoms with Crippen LogP contribution in [0.1, 0.15) is 51.9 Å². The van der Waals surface area contributed by atoms with Gasteiger partial charge in [0.15, 0.2) is 0 Å². The molecule has 124 valence electrons. The van der Waals surface area contributed by atoms with Gasteiger partial charge in [-0.1, -0.05) is 38.3 Å². The van der Waals surface area contributed by atoms with E-state index in [9.17, 15) is 9.90 Å². The first-order valence-electron chi connectivity index (χ1n) is 8.17. The highest BCUT2D eigenvalue weighted by atomic mass is 32.2. The fourth-order valence-electron chi connectivity index (χ4n) is 2.94. The van der Waals surface area contributed by atoms with Crippen molar-refractivity contribution < 1.29 is 9.90 Å². The van der Waals surface area contributed by atoms with Gasteiger partial charge in [-0.15, -0.1) is 11.8 Å². The fraction of sp³-hybridized carbons (Fsp3) is 0.556. The van der Waals surface area contributed by atoms with Crippen molar-refractivity contribution in [3.05, 3.63) is 24.3 Å². The monoisotopic (exact) mass is 332 g/mol. The molecule has 1 aliphatic carbocycles. The Balaban J connectivity index is 1.99. The number of anilines is 1. The topological polar surface area (TPSA) is 73.1 Å². The molecular formula is C18H24N2O2S. The SMILES string of the molecule is CC(CC#N)Sc1ccccc1NC(=O)CC1(O)CCCCC1. The summed E-state index contributed by atoms with van der Waals surface area (Å²) in [5.41, 5.74) is -0.0925. The highest BCUT2D eigenvalue weighted by molar-refractivity contribution is 8.00. The van der Waals surface area contributed by atoms with Gasteiger partial charge in [0, 0.05) is 16.6 Å². The zero-order chi connectivity index (χ0) is 16.7. The van der Waals surface area contributed by atoms with Crippen molar-refractivity contribution in [1.82, 2.24) is 0 Å². The summed E-state index contributed by atoms with van der Waals surface area (Å²) >= 11 is 1.58. The van der Waals surface area contributed by atoms with Gasteiger partial charge in [0.25, 0.3) is 0 Å². The summed E-state index contributed by atoms with van der Waals surface area (Å²) in [5.74, 6) is -0.143. The number of carbonyl (C=O) groups excluding carboxylic acids is 1. The minimum absolute atomic E-state index is 0.143. The second-order valence-corrected chi connectivity index (χ2v) is 7.78. The van der Waals surface area contributed by atoms with E-state index in [2.05, 4.69) is 11.4 Å². The number of para-hydroxylation sites is 1. The Morgan fingerprint density at radius 2 is 2.09 bits per heavy atom. The molecule has 1 unspecified atom stereocenters. The molecule has 1 saturated carbocycles. The number of amides is 1. The third-order valence-electron chi connectivity index (χ3n) is 4.14. The van der Waals surface area contributed by atoms with Gasteiger partial charge in [-0.05, 0) is 25.0 Å². The molecule has 1 aliphatic rings. The first-order chi connectivity index (χ1) is 11.0. The Morgan fingerprint density at radius 3 is 2.78 bits per heavy atom. The molecule has 1 atom stereocenters. The molecule has 5 heteroatoms. The molecule has 2 N–H and O–H groups in total. The van der Waals surface area contributed by atoms with E-state index in [1.54, 1.807) is 11.8 Å². The van der Waals surface area contributed by atoms with Gasteiger partial charge < -0.3 is 10.4 Å². The van der Waals surface area contributed by atoms with Gasteiger partial charge >= 0.3 is 0 Å². The lowest BCUT2D eigenvalue weighted by atomic mass is 9.82. The van der Waals surface area contributed by atoms with E-state index in [1.807, 2.05) is 31.2 Å². The molecule has 0 bridgehead atoms. The summed E-state index contributed by atoms with van der Waals surface area (Å²) in [7, 11) is 0. The lowest BCUT2D eigenvalue weighted by Crippen LogP contribution is -2.35. The van der Waals surface area contributed by atoms with E-state index in [-0.39, 0.29) is 17.6 Å². The minimum atomic E-state index is -0.849. The molecule has 1 aromatic carbocycles. The molecule has 0 heterocycles. The number of aliphatic hydroxyl groups is 1. The number of hydrogen-bond donors (Lipinski definition) is 2. The Hall–Kier alpha value is -1.51. The molecule has 4 nitrogen and oxygen atoms in total. The zero-order valence-corrected chi connectivity index (χ0v) is 14.4. The highest BCUT2D eigenvalue weighted by Gasteiger charge is 2.31. The molecule has 1 amide bonds. The van der Waals surface area contributed by atoms with E-state index >= 15 is 0 Å². The van der Waals surface area contributed by atoms with Crippen molar-refractivity contribution in [2.24, 2.45) is 0 Å². The smallest absolute Gasteiger partial charge is 0.227 e. The molecule has 1 fully saturated rings. The number of nitrogens with zero attached hydrogens (tertiary/aromatic N) is 1. The van der Waals surface area contributed by atoms with Crippen molar-refractivity contribution >= 4 is 23.4 Å². The lowest BCUT2D eigenvalue weighted by molar-refractivity contribution is -0.122. The summed E-state index contributed by atoms with van der Waals surface area (Å²) in [4.78, 5) is 13.3. The van der Waals surface area contributed by atoms with Crippen LogP contribution in [0.2, 0.25) is 0 Å². The first-order valence-corrected chi connectivity index (χ1v) is 9.05. The normalized spacial score (nSPS) is 18.0. The molecule has 0 spiro atoms. The minimum Gasteiger partial charge on any atom is -0.389 e. The first kappa shape index (κ1) is 17.8. The highest BCUT2D eigenvalue weighted by Crippen LogP contribution is 2.33. The number of rotatable bonds is 6. The standard InChI is InChI=1S/C18H24N2O2S/c1-14(9-12-19)23-16-8-4-3-7-15(16)20-17(21)13-18(22)10-5-2-6-11-18/h3-4,7-8,14,22H,2,5-6,9-11,13H2,1H3,(H,20,21). The van der Waals surface area contributed by atoms with Gasteiger partial charge in [0.05, 0.1) is 23.8 Å². The quantitative estimate of drug-likeness (QED) is 0.769. The van der Waals surface area contributed by atoms with E-state index in [4.69, 9.17) is 5.26 Å². The van der Waals surface area contributed by atoms with Gasteiger partial charge in [0.1, 0.15) is 0 Å². The van der Waals surface area contributed by atoms with Gasteiger partial charge in [-0.25, -0.2) is 0 Å². The number of hydrogen-bond acceptors (Lipinski definition) is 4. The van der Waals surface area contributed by atoms with Crippen LogP contribution in [0.25, 0.3) is 0 Å². The summed E-state index contributed by atoms with van der Waals surface area (Å²) in [6.45, 7) is 2.00. The summed E-state index contributed by atoms with van der Waals surface area (Å²) in [5, 5.41) is 22.4. The average molecular weight is 332 g/mol. The Morgan fingerprint density at radius 1 is 1.39 bits per heavy atom. The van der Waals surface area contributed by atoms with Crippen LogP contribution < -0.4 is 5.32 Å². The van der Waals surface area contributed by atoms with Crippen molar-refractivity contribution in [3.8, 4) is 6.07 Å². The fourth-order valence-corrected chi connectivity index (χ4v) is 3.93. The van der Waals surface area contributed by atoms with E-state index < -0.39 is 5.60 Å². The molecule has 0 aliphatic heterocycles. The summed E-state index contributed by atoms with van der Waals surface area (Å²) < 4.78 is 0. The van der Waals surface area contributed by atoms with Crippen molar-refractivity contribution in [1.29, 1.82) is 5.26 Å². The van der Waals surface area contributed by atoms with E-state index in [0.29, 0.717) is 19.3 Å². The Labute approximate surface area is 142 Å². The third-order valence-corrected chi connectivity index (χ3v) is 5.32. The van der Waals surface area contributed by atoms with Gasteiger partial charge in [0.2, 0.25) is 5.91 Å². The van der Waals surface area contributed by atoms with Crippen LogP contribution >= 0.6 is 11.8 Å². The molecule has 1 aromatic rings. The number of thioether (sulfide) groups is 1. The number of nitrogens with one attached hydrogen (secondary N) is 1. The number of carbonyl (C=O) groups is 1. The van der Waals surface area contributed by atoms with E-state index in [1.165, 1.54) is 0 Å². The Kier molecular flexibility index (Phi) is 6.49. The van der Waals surface area contributed by atoms with Gasteiger partial charge in [-0.3, -0.25) is 4.79 Å². The Bertz CT molecular complexity index is 577. The van der Waals surface area contributed by atoms with Crippen LogP contribution in [0, 0.1) is 11.3 Å². The van der Waals surface area contributed by atoms with Crippen molar-refractivity contribution in [3.63, 3.8) is 0 Å². The average Bonchev–Trinajstić information content (AvgIpc) is 2.49. The predicted octanol–water partition coefficient (Wildman–Crippen LogP) is 4.10. The molecule has 0 aromatic heterocycles. The second kappa shape index (κ2) is 8.37. The predicted molar refractivity (Wildman–Crippen MR) is 93.3 cm³/mol. The maximum absolute atomic E-state index is 12.3. The summed E-state index contributed by atoms with van der Waals surface area (Å²) in [6.07, 6.45) is 5.14. The second-order valence-electron chi connectivity index (χ2n) is 6.30. The van der Waals surface area contributed by atoms with E-state index in [0.717, 1.165) is 29.8 Å². The maximum Gasteiger partial charge on any atom is 0.227 e. The molecular weight excluding hydrogens is 308 g/mol. The lowest BCUT2D eigenvalue weighted by Gasteiger charge is -2.31. The molecule has 23 heavy (non-hydrogen) atoms. The number of nitriles is 1. The van der Waals surface area contributed by atoms with Crippen molar-refractivity contribution in [2.75, 3.05) is 5.32 Å². The molecule has 2 rings (SSSR count). The third kappa shape index (κ3) is 5.56. The summed E-state index contributed by atoms with van der Waals surface area (Å²) in [6, 6.07) is 9.78. The maximum atomic E-state index is 12.3. The van der Waals surface area contributed by atoms with Crippen molar-refractivity contribution in [2.45, 2.75) is 67.6 Å². The van der Waals surface area contributed by atoms with Crippen LogP contribution in [-0.2, 0) is 4.79 Å². The van der Waals surface area contributed by atoms with Crippen LogP contribution in [0.3, 0.4) is 0 Å². The number of benzene rings is 1. The van der Waals surface area contributed by atoms with Crippen LogP contribution in [0.15, 0.2) is 29.2 Å². The van der Waals surface area contributed by atoms with Crippen LogP contribution in [0.4, 0.5) is 5.69 Å². The zero-order valence-electron chi connectivity index (χ0n) is 13.5. The molecule has 0 saturated heterocycles. The molecule has 0 radical (unpaired) electrons. The van der Waals surface area contributed by atoms with Crippen LogP contribution in [-0.4, -0.2) is 21.9 Å². The van der Waals surface area contributed by atoms with Gasteiger partial charge in [-0.2, -0.15) is 5.26 Å². The largest absolute Gasteiger partial charge is 0.389 e. The van der Waals surface area contributed by atoms with Crippen LogP contribution in [0.5, 0.6) is 0 Å².